The van der Waals surface area contributed by atoms with Crippen molar-refractivity contribution in [2.24, 2.45) is 11.8 Å². The normalized spacial score (nSPS) is 31.0. The van der Waals surface area contributed by atoms with E-state index in [0.717, 1.165) is 23.9 Å². The van der Waals surface area contributed by atoms with E-state index in [2.05, 4.69) is 23.9 Å². The Bertz CT molecular complexity index is 302. The van der Waals surface area contributed by atoms with Crippen LogP contribution < -0.4 is 0 Å². The molecule has 2 heteroatoms. The van der Waals surface area contributed by atoms with Crippen molar-refractivity contribution in [3.05, 3.63) is 0 Å². The minimum Gasteiger partial charge on any atom is -0.303 e. The summed E-state index contributed by atoms with van der Waals surface area (Å²) in [6.07, 6.45) is 20.6. The third-order valence-corrected chi connectivity index (χ3v) is 7.45. The first-order valence-corrected chi connectivity index (χ1v) is 11.1. The molecule has 0 aliphatic heterocycles. The zero-order valence-corrected chi connectivity index (χ0v) is 16.5. The quantitative estimate of drug-likeness (QED) is 0.648. The second-order valence-corrected chi connectivity index (χ2v) is 9.35. The van der Waals surface area contributed by atoms with E-state index >= 15 is 0 Å². The van der Waals surface area contributed by atoms with Crippen molar-refractivity contribution in [3.8, 4) is 0 Å². The van der Waals surface area contributed by atoms with Crippen LogP contribution in [-0.2, 0) is 0 Å². The second-order valence-electron chi connectivity index (χ2n) is 9.35. The molecule has 140 valence electrons. The fraction of sp³-hybridized carbons (Fsp3) is 1.00. The lowest BCUT2D eigenvalue weighted by molar-refractivity contribution is 0.115. The highest BCUT2D eigenvalue weighted by Gasteiger charge is 2.27. The first kappa shape index (κ1) is 18.7. The van der Waals surface area contributed by atoms with E-state index < -0.39 is 0 Å². The summed E-state index contributed by atoms with van der Waals surface area (Å²) in [6.45, 7) is 2.74. The fourth-order valence-electron chi connectivity index (χ4n) is 5.75. The van der Waals surface area contributed by atoms with Crippen LogP contribution in [-0.4, -0.2) is 49.1 Å². The highest BCUT2D eigenvalue weighted by atomic mass is 15.1. The molecule has 0 bridgehead atoms. The van der Waals surface area contributed by atoms with Gasteiger partial charge < -0.3 is 9.80 Å². The maximum atomic E-state index is 2.72. The van der Waals surface area contributed by atoms with Crippen LogP contribution in [0.1, 0.15) is 89.9 Å². The Hall–Kier alpha value is -0.0800. The average Bonchev–Trinajstić information content (AvgIpc) is 2.65. The van der Waals surface area contributed by atoms with Gasteiger partial charge in [0.05, 0.1) is 0 Å². The van der Waals surface area contributed by atoms with Crippen molar-refractivity contribution >= 4 is 0 Å². The molecule has 3 fully saturated rings. The van der Waals surface area contributed by atoms with E-state index in [1.807, 2.05) is 0 Å². The van der Waals surface area contributed by atoms with Gasteiger partial charge in [-0.1, -0.05) is 38.5 Å². The Labute approximate surface area is 151 Å². The number of rotatable bonds is 6. The SMILES string of the molecule is CN(CC1CCC(CN(C)C2CCCCC2)CC1)C1CCCCC1. The molecule has 0 radical (unpaired) electrons. The molecule has 0 aromatic carbocycles. The molecule has 24 heavy (non-hydrogen) atoms. The molecule has 0 N–H and O–H groups in total. The summed E-state index contributed by atoms with van der Waals surface area (Å²) in [5, 5.41) is 0. The highest BCUT2D eigenvalue weighted by molar-refractivity contribution is 4.81. The predicted octanol–water partition coefficient (Wildman–Crippen LogP) is 5.32. The van der Waals surface area contributed by atoms with Crippen molar-refractivity contribution in [2.75, 3.05) is 27.2 Å². The third kappa shape index (κ3) is 5.46. The lowest BCUT2D eigenvalue weighted by Crippen LogP contribution is -2.40. The average molecular weight is 335 g/mol. The molecular formula is C22H42N2. The molecule has 3 aliphatic carbocycles. The summed E-state index contributed by atoms with van der Waals surface area (Å²) in [5.41, 5.74) is 0. The van der Waals surface area contributed by atoms with Crippen LogP contribution in [0.5, 0.6) is 0 Å². The summed E-state index contributed by atoms with van der Waals surface area (Å²) in [7, 11) is 4.80. The van der Waals surface area contributed by atoms with Gasteiger partial charge in [-0.15, -0.1) is 0 Å². The summed E-state index contributed by atoms with van der Waals surface area (Å²) in [6, 6.07) is 1.79. The standard InChI is InChI=1S/C22H42N2/c1-23(21-9-5-3-6-10-21)17-19-13-15-20(16-14-19)18-24(2)22-11-7-4-8-12-22/h19-22H,3-18H2,1-2H3. The zero-order valence-electron chi connectivity index (χ0n) is 16.5. The largest absolute Gasteiger partial charge is 0.303 e. The minimum absolute atomic E-state index is 0.897. The molecule has 0 aromatic rings. The van der Waals surface area contributed by atoms with E-state index in [1.54, 1.807) is 0 Å². The molecule has 0 aromatic heterocycles. The number of hydrogen-bond acceptors (Lipinski definition) is 2. The molecule has 2 nitrogen and oxygen atoms in total. The van der Waals surface area contributed by atoms with Crippen molar-refractivity contribution in [3.63, 3.8) is 0 Å². The van der Waals surface area contributed by atoms with E-state index in [9.17, 15) is 0 Å². The van der Waals surface area contributed by atoms with Crippen LogP contribution >= 0.6 is 0 Å². The van der Waals surface area contributed by atoms with Gasteiger partial charge in [0, 0.05) is 25.2 Å². The highest BCUT2D eigenvalue weighted by Crippen LogP contribution is 2.32. The Morgan fingerprint density at radius 3 is 1.17 bits per heavy atom. The zero-order chi connectivity index (χ0) is 16.8. The van der Waals surface area contributed by atoms with Crippen LogP contribution in [0.15, 0.2) is 0 Å². The number of nitrogens with zero attached hydrogens (tertiary/aromatic N) is 2. The molecule has 3 rings (SSSR count). The van der Waals surface area contributed by atoms with E-state index in [4.69, 9.17) is 0 Å². The minimum atomic E-state index is 0.897. The Balaban J connectivity index is 1.34. The van der Waals surface area contributed by atoms with Gasteiger partial charge in [-0.05, 0) is 77.3 Å². The van der Waals surface area contributed by atoms with Crippen LogP contribution in [0.25, 0.3) is 0 Å². The lowest BCUT2D eigenvalue weighted by atomic mass is 9.80. The maximum Gasteiger partial charge on any atom is 0.00923 e. The van der Waals surface area contributed by atoms with Crippen molar-refractivity contribution in [2.45, 2.75) is 102 Å². The second kappa shape index (κ2) is 9.57. The summed E-state index contributed by atoms with van der Waals surface area (Å²) in [5.74, 6) is 1.96. The molecule has 0 saturated heterocycles. The lowest BCUT2D eigenvalue weighted by Gasteiger charge is -2.38. The van der Waals surface area contributed by atoms with Gasteiger partial charge in [-0.25, -0.2) is 0 Å². The van der Waals surface area contributed by atoms with Crippen LogP contribution in [0.3, 0.4) is 0 Å². The number of hydrogen-bond donors (Lipinski definition) is 0. The first-order valence-electron chi connectivity index (χ1n) is 11.1. The summed E-state index contributed by atoms with van der Waals surface area (Å²) in [4.78, 5) is 5.44. The van der Waals surface area contributed by atoms with Crippen molar-refractivity contribution in [1.29, 1.82) is 0 Å². The molecular weight excluding hydrogens is 292 g/mol. The van der Waals surface area contributed by atoms with E-state index in [-0.39, 0.29) is 0 Å². The van der Waals surface area contributed by atoms with Gasteiger partial charge in [0.25, 0.3) is 0 Å². The fourth-order valence-corrected chi connectivity index (χ4v) is 5.75. The van der Waals surface area contributed by atoms with E-state index in [0.29, 0.717) is 0 Å². The molecule has 3 saturated carbocycles. The maximum absolute atomic E-state index is 2.72. The van der Waals surface area contributed by atoms with Crippen LogP contribution in [0.4, 0.5) is 0 Å². The van der Waals surface area contributed by atoms with Crippen molar-refractivity contribution in [1.82, 2.24) is 9.80 Å². The van der Waals surface area contributed by atoms with Gasteiger partial charge in [0.15, 0.2) is 0 Å². The van der Waals surface area contributed by atoms with Crippen LogP contribution in [0, 0.1) is 11.8 Å². The van der Waals surface area contributed by atoms with Gasteiger partial charge in [-0.2, -0.15) is 0 Å². The molecule has 0 unspecified atom stereocenters. The Morgan fingerprint density at radius 1 is 0.500 bits per heavy atom. The summed E-state index contributed by atoms with van der Waals surface area (Å²) < 4.78 is 0. The topological polar surface area (TPSA) is 6.48 Å². The molecule has 0 spiro atoms. The van der Waals surface area contributed by atoms with Crippen molar-refractivity contribution < 1.29 is 0 Å². The van der Waals surface area contributed by atoms with Gasteiger partial charge in [0.2, 0.25) is 0 Å². The van der Waals surface area contributed by atoms with Crippen LogP contribution in [0.2, 0.25) is 0 Å². The molecule has 3 aliphatic rings. The summed E-state index contributed by atoms with van der Waals surface area (Å²) >= 11 is 0. The predicted molar refractivity (Wildman–Crippen MR) is 104 cm³/mol. The van der Waals surface area contributed by atoms with Gasteiger partial charge in [-0.3, -0.25) is 0 Å². The van der Waals surface area contributed by atoms with Gasteiger partial charge in [0.1, 0.15) is 0 Å². The molecule has 0 heterocycles. The Morgan fingerprint density at radius 2 is 0.833 bits per heavy atom. The molecule has 0 atom stereocenters. The monoisotopic (exact) mass is 334 g/mol. The van der Waals surface area contributed by atoms with Gasteiger partial charge >= 0.3 is 0 Å². The Kier molecular flexibility index (Phi) is 7.46. The van der Waals surface area contributed by atoms with E-state index in [1.165, 1.54) is 103 Å². The molecule has 0 amide bonds. The first-order chi connectivity index (χ1) is 11.7. The third-order valence-electron chi connectivity index (χ3n) is 7.45. The smallest absolute Gasteiger partial charge is 0.00923 e.